The van der Waals surface area contributed by atoms with Crippen LogP contribution in [0.4, 0.5) is 0 Å². The molecule has 0 spiro atoms. The molecule has 1 aromatic heterocycles. The second-order valence-corrected chi connectivity index (χ2v) is 4.33. The molecule has 18 heavy (non-hydrogen) atoms. The number of rotatable bonds is 3. The van der Waals surface area contributed by atoms with Crippen LogP contribution < -0.4 is 4.74 Å². The molecule has 3 nitrogen and oxygen atoms in total. The van der Waals surface area contributed by atoms with Crippen LogP contribution in [0.15, 0.2) is 28.7 Å². The quantitative estimate of drug-likeness (QED) is 0.776. The highest BCUT2D eigenvalue weighted by molar-refractivity contribution is 6.09. The zero-order chi connectivity index (χ0) is 13.3. The summed E-state index contributed by atoms with van der Waals surface area (Å²) in [6.45, 7) is 5.75. The van der Waals surface area contributed by atoms with Crippen molar-refractivity contribution in [2.75, 3.05) is 7.11 Å². The van der Waals surface area contributed by atoms with Gasteiger partial charge in [-0.05, 0) is 50.1 Å². The van der Waals surface area contributed by atoms with Crippen LogP contribution in [0.25, 0.3) is 0 Å². The van der Waals surface area contributed by atoms with Gasteiger partial charge in [-0.3, -0.25) is 4.79 Å². The van der Waals surface area contributed by atoms with Gasteiger partial charge in [0, 0.05) is 0 Å². The normalized spacial score (nSPS) is 10.4. The number of ketones is 1. The van der Waals surface area contributed by atoms with E-state index in [9.17, 15) is 4.79 Å². The predicted molar refractivity (Wildman–Crippen MR) is 69.3 cm³/mol. The largest absolute Gasteiger partial charge is 0.496 e. The van der Waals surface area contributed by atoms with E-state index in [1.54, 1.807) is 25.3 Å². The molecule has 0 radical (unpaired) electrons. The molecule has 2 aromatic rings. The third-order valence-electron chi connectivity index (χ3n) is 3.09. The summed E-state index contributed by atoms with van der Waals surface area (Å²) >= 11 is 0. The van der Waals surface area contributed by atoms with Crippen molar-refractivity contribution in [1.29, 1.82) is 0 Å². The molecule has 0 saturated carbocycles. The van der Waals surface area contributed by atoms with Crippen LogP contribution in [-0.4, -0.2) is 12.9 Å². The number of carbonyl (C=O) groups excluding carboxylic acids is 1. The van der Waals surface area contributed by atoms with Gasteiger partial charge in [0.1, 0.15) is 11.5 Å². The summed E-state index contributed by atoms with van der Waals surface area (Å²) in [5.41, 5.74) is 2.61. The van der Waals surface area contributed by atoms with Crippen LogP contribution in [0, 0.1) is 20.8 Å². The molecule has 0 fully saturated rings. The molecule has 0 aliphatic rings. The van der Waals surface area contributed by atoms with Crippen LogP contribution >= 0.6 is 0 Å². The molecule has 1 aromatic carbocycles. The molecule has 0 amide bonds. The minimum Gasteiger partial charge on any atom is -0.496 e. The lowest BCUT2D eigenvalue weighted by molar-refractivity contribution is 0.100. The minimum atomic E-state index is -0.150. The number of ether oxygens (including phenoxy) is 1. The number of methoxy groups -OCH3 is 1. The number of carbonyl (C=O) groups is 1. The Morgan fingerprint density at radius 1 is 1.11 bits per heavy atom. The Balaban J connectivity index is 2.51. The van der Waals surface area contributed by atoms with Crippen molar-refractivity contribution >= 4 is 5.78 Å². The Kier molecular flexibility index (Phi) is 3.24. The Bertz CT molecular complexity index is 594. The number of hydrogen-bond donors (Lipinski definition) is 0. The summed E-state index contributed by atoms with van der Waals surface area (Å²) in [7, 11) is 1.58. The van der Waals surface area contributed by atoms with Crippen molar-refractivity contribution in [1.82, 2.24) is 0 Å². The summed E-state index contributed by atoms with van der Waals surface area (Å²) in [4.78, 5) is 12.3. The molecule has 0 unspecified atom stereocenters. The monoisotopic (exact) mass is 244 g/mol. The minimum absolute atomic E-state index is 0.150. The Hall–Kier alpha value is -2.03. The molecule has 0 saturated heterocycles. The number of benzene rings is 1. The lowest BCUT2D eigenvalue weighted by Crippen LogP contribution is -2.05. The number of hydrogen-bond acceptors (Lipinski definition) is 3. The standard InChI is InChI=1S/C15H16O3/c1-9-5-7-12(15(17-4)11(9)3)14(16)13-8-6-10(2)18-13/h5-8H,1-4H3. The first-order chi connectivity index (χ1) is 8.54. The molecular formula is C15H16O3. The first kappa shape index (κ1) is 12.4. The van der Waals surface area contributed by atoms with Gasteiger partial charge >= 0.3 is 0 Å². The Morgan fingerprint density at radius 3 is 2.39 bits per heavy atom. The fourth-order valence-electron chi connectivity index (χ4n) is 1.92. The summed E-state index contributed by atoms with van der Waals surface area (Å²) in [6.07, 6.45) is 0. The van der Waals surface area contributed by atoms with Gasteiger partial charge in [-0.25, -0.2) is 0 Å². The maximum Gasteiger partial charge on any atom is 0.231 e. The summed E-state index contributed by atoms with van der Waals surface area (Å²) in [5.74, 6) is 1.53. The third-order valence-corrected chi connectivity index (χ3v) is 3.09. The topological polar surface area (TPSA) is 39.4 Å². The summed E-state index contributed by atoms with van der Waals surface area (Å²) in [6, 6.07) is 7.16. The first-order valence-corrected chi connectivity index (χ1v) is 5.80. The highest BCUT2D eigenvalue weighted by atomic mass is 16.5. The van der Waals surface area contributed by atoms with E-state index in [0.717, 1.165) is 16.9 Å². The van der Waals surface area contributed by atoms with Crippen LogP contribution in [-0.2, 0) is 0 Å². The van der Waals surface area contributed by atoms with E-state index in [4.69, 9.17) is 9.15 Å². The molecule has 1 heterocycles. The van der Waals surface area contributed by atoms with E-state index >= 15 is 0 Å². The van der Waals surface area contributed by atoms with Crippen molar-refractivity contribution < 1.29 is 13.9 Å². The second kappa shape index (κ2) is 4.69. The fraction of sp³-hybridized carbons (Fsp3) is 0.267. The second-order valence-electron chi connectivity index (χ2n) is 4.33. The van der Waals surface area contributed by atoms with Crippen LogP contribution in [0.3, 0.4) is 0 Å². The van der Waals surface area contributed by atoms with Crippen molar-refractivity contribution in [3.05, 3.63) is 52.5 Å². The average molecular weight is 244 g/mol. The van der Waals surface area contributed by atoms with Gasteiger partial charge in [0.15, 0.2) is 5.76 Å². The first-order valence-electron chi connectivity index (χ1n) is 5.80. The van der Waals surface area contributed by atoms with E-state index < -0.39 is 0 Å². The summed E-state index contributed by atoms with van der Waals surface area (Å²) in [5, 5.41) is 0. The molecular weight excluding hydrogens is 228 g/mol. The van der Waals surface area contributed by atoms with Gasteiger partial charge in [-0.2, -0.15) is 0 Å². The predicted octanol–water partition coefficient (Wildman–Crippen LogP) is 3.44. The van der Waals surface area contributed by atoms with E-state index in [1.807, 2.05) is 26.8 Å². The van der Waals surface area contributed by atoms with E-state index in [0.29, 0.717) is 17.1 Å². The van der Waals surface area contributed by atoms with Gasteiger partial charge in [-0.15, -0.1) is 0 Å². The van der Waals surface area contributed by atoms with Gasteiger partial charge in [0.25, 0.3) is 0 Å². The van der Waals surface area contributed by atoms with Gasteiger partial charge in [0.2, 0.25) is 5.78 Å². The molecule has 0 aliphatic heterocycles. The molecule has 0 aliphatic carbocycles. The molecule has 3 heteroatoms. The van der Waals surface area contributed by atoms with Crippen molar-refractivity contribution in [3.63, 3.8) is 0 Å². The number of aryl methyl sites for hydroxylation is 2. The SMILES string of the molecule is COc1c(C(=O)c2ccc(C)o2)ccc(C)c1C. The van der Waals surface area contributed by atoms with Crippen molar-refractivity contribution in [3.8, 4) is 5.75 Å². The molecule has 0 atom stereocenters. The van der Waals surface area contributed by atoms with Gasteiger partial charge < -0.3 is 9.15 Å². The average Bonchev–Trinajstić information content (AvgIpc) is 2.78. The molecule has 94 valence electrons. The van der Waals surface area contributed by atoms with E-state index in [-0.39, 0.29) is 5.78 Å². The molecule has 0 bridgehead atoms. The number of furan rings is 1. The van der Waals surface area contributed by atoms with Gasteiger partial charge in [-0.1, -0.05) is 6.07 Å². The lowest BCUT2D eigenvalue weighted by Gasteiger charge is -2.11. The Labute approximate surface area is 106 Å². The van der Waals surface area contributed by atoms with Crippen LogP contribution in [0.2, 0.25) is 0 Å². The maximum atomic E-state index is 12.3. The zero-order valence-corrected chi connectivity index (χ0v) is 11.0. The van der Waals surface area contributed by atoms with Crippen LogP contribution in [0.5, 0.6) is 5.75 Å². The Morgan fingerprint density at radius 2 is 1.83 bits per heavy atom. The van der Waals surface area contributed by atoms with Crippen LogP contribution in [0.1, 0.15) is 33.0 Å². The lowest BCUT2D eigenvalue weighted by atomic mass is 10.0. The van der Waals surface area contributed by atoms with Gasteiger partial charge in [0.05, 0.1) is 12.7 Å². The van der Waals surface area contributed by atoms with Crippen molar-refractivity contribution in [2.24, 2.45) is 0 Å². The van der Waals surface area contributed by atoms with E-state index in [2.05, 4.69) is 0 Å². The highest BCUT2D eigenvalue weighted by Gasteiger charge is 2.19. The highest BCUT2D eigenvalue weighted by Crippen LogP contribution is 2.28. The fourth-order valence-corrected chi connectivity index (χ4v) is 1.92. The molecule has 2 rings (SSSR count). The van der Waals surface area contributed by atoms with Crippen molar-refractivity contribution in [2.45, 2.75) is 20.8 Å². The third kappa shape index (κ3) is 2.04. The van der Waals surface area contributed by atoms with E-state index in [1.165, 1.54) is 0 Å². The zero-order valence-electron chi connectivity index (χ0n) is 11.0. The maximum absolute atomic E-state index is 12.3. The summed E-state index contributed by atoms with van der Waals surface area (Å²) < 4.78 is 10.7. The smallest absolute Gasteiger partial charge is 0.231 e. The molecule has 0 N–H and O–H groups in total.